The van der Waals surface area contributed by atoms with Gasteiger partial charge < -0.3 is 15.8 Å². The summed E-state index contributed by atoms with van der Waals surface area (Å²) in [7, 11) is 1.34. The van der Waals surface area contributed by atoms with Gasteiger partial charge in [-0.2, -0.15) is 0 Å². The number of ether oxygens (including phenoxy) is 1. The van der Waals surface area contributed by atoms with E-state index in [1.54, 1.807) is 0 Å². The number of amides is 1. The van der Waals surface area contributed by atoms with Gasteiger partial charge >= 0.3 is 6.09 Å². The molecule has 5 nitrogen and oxygen atoms in total. The van der Waals surface area contributed by atoms with Crippen LogP contribution in [-0.4, -0.2) is 18.1 Å². The van der Waals surface area contributed by atoms with Gasteiger partial charge in [-0.1, -0.05) is 0 Å². The van der Waals surface area contributed by atoms with Crippen molar-refractivity contribution in [2.45, 2.75) is 6.43 Å². The van der Waals surface area contributed by atoms with E-state index in [2.05, 4.69) is 15.0 Å². The van der Waals surface area contributed by atoms with Gasteiger partial charge in [-0.15, -0.1) is 0 Å². The molecule has 1 heterocycles. The number of hydrogen-bond donors (Lipinski definition) is 2. The van der Waals surface area contributed by atoms with Gasteiger partial charge in [-0.05, 0) is 6.07 Å². The van der Waals surface area contributed by atoms with Crippen LogP contribution in [0.25, 0.3) is 0 Å². The predicted molar refractivity (Wildman–Crippen MR) is 48.7 cm³/mol. The van der Waals surface area contributed by atoms with Crippen LogP contribution in [0.4, 0.5) is 19.4 Å². The molecule has 0 bridgehead atoms. The minimum atomic E-state index is -2.69. The number of anilines is 1. The number of nitrogens with one attached hydrogen (secondary N) is 1. The van der Waals surface area contributed by atoms with Crippen LogP contribution < -0.4 is 15.8 Å². The van der Waals surface area contributed by atoms with Crippen LogP contribution in [0.15, 0.2) is 12.3 Å². The lowest BCUT2D eigenvalue weighted by molar-refractivity contribution is 0.150. The standard InChI is InChI=1S/C8H9F2N3O2/c1-12-8(14)15-5-2-4(6(9)10)3-13-7(5)11/h2-3,6H,1H3,(H2,11,13)(H,12,14). The molecule has 0 fully saturated rings. The Hall–Kier alpha value is -1.92. The van der Waals surface area contributed by atoms with Crippen LogP contribution in [0.5, 0.6) is 5.75 Å². The third-order valence-electron chi connectivity index (χ3n) is 1.56. The number of alkyl halides is 2. The van der Waals surface area contributed by atoms with Crippen molar-refractivity contribution in [1.82, 2.24) is 10.3 Å². The SMILES string of the molecule is CNC(=O)Oc1cc(C(F)F)cnc1N. The molecule has 0 aromatic carbocycles. The highest BCUT2D eigenvalue weighted by Crippen LogP contribution is 2.26. The van der Waals surface area contributed by atoms with Crippen molar-refractivity contribution >= 4 is 11.9 Å². The van der Waals surface area contributed by atoms with Gasteiger partial charge in [0.15, 0.2) is 11.6 Å². The maximum Gasteiger partial charge on any atom is 0.412 e. The Kier molecular flexibility index (Phi) is 3.37. The Morgan fingerprint density at radius 1 is 1.67 bits per heavy atom. The molecule has 1 amide bonds. The number of carbonyl (C=O) groups excluding carboxylic acids is 1. The average molecular weight is 217 g/mol. The van der Waals surface area contributed by atoms with Crippen LogP contribution >= 0.6 is 0 Å². The van der Waals surface area contributed by atoms with Crippen LogP contribution in [0.2, 0.25) is 0 Å². The summed E-state index contributed by atoms with van der Waals surface area (Å²) in [6.07, 6.45) is -2.56. The molecule has 0 aliphatic rings. The normalized spacial score (nSPS) is 10.1. The van der Waals surface area contributed by atoms with Crippen molar-refractivity contribution in [2.75, 3.05) is 12.8 Å². The topological polar surface area (TPSA) is 77.2 Å². The molecule has 15 heavy (non-hydrogen) atoms. The van der Waals surface area contributed by atoms with Crippen LogP contribution in [-0.2, 0) is 0 Å². The zero-order chi connectivity index (χ0) is 11.4. The third kappa shape index (κ3) is 2.76. The molecule has 0 saturated heterocycles. The summed E-state index contributed by atoms with van der Waals surface area (Å²) in [4.78, 5) is 14.3. The fourth-order valence-corrected chi connectivity index (χ4v) is 0.822. The van der Waals surface area contributed by atoms with Crippen molar-refractivity contribution in [3.63, 3.8) is 0 Å². The Morgan fingerprint density at radius 3 is 2.87 bits per heavy atom. The van der Waals surface area contributed by atoms with Gasteiger partial charge in [0.2, 0.25) is 0 Å². The molecule has 0 spiro atoms. The molecule has 1 aromatic rings. The first-order valence-corrected chi connectivity index (χ1v) is 3.97. The van der Waals surface area contributed by atoms with E-state index in [0.29, 0.717) is 0 Å². The lowest BCUT2D eigenvalue weighted by Gasteiger charge is -2.07. The first kappa shape index (κ1) is 11.2. The minimum Gasteiger partial charge on any atom is -0.406 e. The number of hydrogen-bond acceptors (Lipinski definition) is 4. The zero-order valence-electron chi connectivity index (χ0n) is 7.83. The largest absolute Gasteiger partial charge is 0.412 e. The van der Waals surface area contributed by atoms with Gasteiger partial charge in [0, 0.05) is 18.8 Å². The van der Waals surface area contributed by atoms with E-state index in [0.717, 1.165) is 12.3 Å². The Bertz CT molecular complexity index is 371. The predicted octanol–water partition coefficient (Wildman–Crippen LogP) is 1.32. The summed E-state index contributed by atoms with van der Waals surface area (Å²) in [5, 5.41) is 2.16. The number of nitrogens with zero attached hydrogens (tertiary/aromatic N) is 1. The Morgan fingerprint density at radius 2 is 2.33 bits per heavy atom. The Balaban J connectivity index is 2.95. The lowest BCUT2D eigenvalue weighted by Crippen LogP contribution is -2.22. The number of aromatic nitrogens is 1. The molecule has 3 N–H and O–H groups in total. The Labute approximate surface area is 84.2 Å². The molecule has 0 radical (unpaired) electrons. The van der Waals surface area contributed by atoms with Gasteiger partial charge in [-0.3, -0.25) is 0 Å². The fourth-order valence-electron chi connectivity index (χ4n) is 0.822. The number of halogens is 2. The monoisotopic (exact) mass is 217 g/mol. The second-order valence-corrected chi connectivity index (χ2v) is 2.59. The van der Waals surface area contributed by atoms with Crippen molar-refractivity contribution in [3.8, 4) is 5.75 Å². The zero-order valence-corrected chi connectivity index (χ0v) is 7.83. The van der Waals surface area contributed by atoms with E-state index in [4.69, 9.17) is 5.73 Å². The maximum absolute atomic E-state index is 12.3. The van der Waals surface area contributed by atoms with E-state index in [1.807, 2.05) is 0 Å². The molecule has 7 heteroatoms. The third-order valence-corrected chi connectivity index (χ3v) is 1.56. The average Bonchev–Trinajstić information content (AvgIpc) is 2.20. The molecular weight excluding hydrogens is 208 g/mol. The number of rotatable bonds is 2. The molecule has 0 saturated carbocycles. The summed E-state index contributed by atoms with van der Waals surface area (Å²) in [5.41, 5.74) is 4.97. The van der Waals surface area contributed by atoms with Crippen LogP contribution in [0.1, 0.15) is 12.0 Å². The highest BCUT2D eigenvalue weighted by molar-refractivity contribution is 5.71. The van der Waals surface area contributed by atoms with Crippen LogP contribution in [0.3, 0.4) is 0 Å². The molecule has 1 aromatic heterocycles. The summed E-state index contributed by atoms with van der Waals surface area (Å²) in [6, 6.07) is 0.974. The molecule has 0 atom stereocenters. The summed E-state index contributed by atoms with van der Waals surface area (Å²) < 4.78 is 29.1. The quantitative estimate of drug-likeness (QED) is 0.783. The molecule has 82 valence electrons. The summed E-state index contributed by atoms with van der Waals surface area (Å²) in [5.74, 6) is -0.310. The highest BCUT2D eigenvalue weighted by atomic mass is 19.3. The van der Waals surface area contributed by atoms with Gasteiger partial charge in [-0.25, -0.2) is 18.6 Å². The minimum absolute atomic E-state index is 0.122. The number of nitrogens with two attached hydrogens (primary N) is 1. The van der Waals surface area contributed by atoms with E-state index < -0.39 is 12.5 Å². The first-order chi connectivity index (χ1) is 7.04. The summed E-state index contributed by atoms with van der Waals surface area (Å²) in [6.45, 7) is 0. The smallest absolute Gasteiger partial charge is 0.406 e. The van der Waals surface area contributed by atoms with Gasteiger partial charge in [0.1, 0.15) is 0 Å². The lowest BCUT2D eigenvalue weighted by atomic mass is 10.3. The summed E-state index contributed by atoms with van der Waals surface area (Å²) >= 11 is 0. The van der Waals surface area contributed by atoms with Crippen LogP contribution in [0, 0.1) is 0 Å². The van der Waals surface area contributed by atoms with E-state index in [1.165, 1.54) is 7.05 Å². The van der Waals surface area contributed by atoms with E-state index >= 15 is 0 Å². The van der Waals surface area contributed by atoms with E-state index in [-0.39, 0.29) is 17.1 Å². The fraction of sp³-hybridized carbons (Fsp3) is 0.250. The maximum atomic E-state index is 12.3. The van der Waals surface area contributed by atoms with Crippen molar-refractivity contribution in [1.29, 1.82) is 0 Å². The second-order valence-electron chi connectivity index (χ2n) is 2.59. The second kappa shape index (κ2) is 4.54. The number of carbonyl (C=O) groups is 1. The molecule has 0 aliphatic heterocycles. The van der Waals surface area contributed by atoms with Crippen molar-refractivity contribution < 1.29 is 18.3 Å². The molecule has 0 unspecified atom stereocenters. The molecule has 1 rings (SSSR count). The molecular formula is C8H9F2N3O2. The number of nitrogen functional groups attached to an aromatic ring is 1. The molecule has 0 aliphatic carbocycles. The van der Waals surface area contributed by atoms with Crippen molar-refractivity contribution in [3.05, 3.63) is 17.8 Å². The van der Waals surface area contributed by atoms with Crippen molar-refractivity contribution in [2.24, 2.45) is 0 Å². The first-order valence-electron chi connectivity index (χ1n) is 3.97. The number of pyridine rings is 1. The van der Waals surface area contributed by atoms with Gasteiger partial charge in [0.05, 0.1) is 0 Å². The van der Waals surface area contributed by atoms with E-state index in [9.17, 15) is 13.6 Å². The van der Waals surface area contributed by atoms with Gasteiger partial charge in [0.25, 0.3) is 6.43 Å². The highest BCUT2D eigenvalue weighted by Gasteiger charge is 2.13.